The number of alkyl halides is 2. The van der Waals surface area contributed by atoms with Gasteiger partial charge >= 0.3 is 0 Å². The number of aryl methyl sites for hydroxylation is 1. The molecule has 2 aromatic rings. The smallest absolute Gasteiger partial charge is 0.256 e. The van der Waals surface area contributed by atoms with Crippen LogP contribution in [0.5, 0.6) is 0 Å². The predicted molar refractivity (Wildman–Crippen MR) is 125 cm³/mol. The summed E-state index contributed by atoms with van der Waals surface area (Å²) in [6.07, 6.45) is 2.15. The van der Waals surface area contributed by atoms with Gasteiger partial charge in [-0.15, -0.1) is 0 Å². The number of carbonyl (C=O) groups is 1. The first kappa shape index (κ1) is 24.3. The summed E-state index contributed by atoms with van der Waals surface area (Å²) in [5.74, 6) is -2.27. The minimum absolute atomic E-state index is 0.0438. The highest BCUT2D eigenvalue weighted by molar-refractivity contribution is 6.02. The number of fused-ring (bicyclic) bond motifs is 1. The summed E-state index contributed by atoms with van der Waals surface area (Å²) in [6, 6.07) is 8.12. The van der Waals surface area contributed by atoms with E-state index in [1.807, 2.05) is 31.2 Å². The van der Waals surface area contributed by atoms with Crippen molar-refractivity contribution in [1.82, 2.24) is 15.6 Å². The van der Waals surface area contributed by atoms with Crippen molar-refractivity contribution in [2.24, 2.45) is 5.73 Å². The molecule has 0 saturated heterocycles. The van der Waals surface area contributed by atoms with E-state index < -0.39 is 12.1 Å². The molecule has 1 saturated carbocycles. The summed E-state index contributed by atoms with van der Waals surface area (Å²) in [7, 11) is 0. The van der Waals surface area contributed by atoms with Crippen molar-refractivity contribution in [1.29, 1.82) is 0 Å². The van der Waals surface area contributed by atoms with Crippen LogP contribution < -0.4 is 21.7 Å². The molecule has 3 rings (SSSR count). The molecule has 1 aliphatic rings. The molecule has 0 aliphatic heterocycles. The zero-order chi connectivity index (χ0) is 23.3. The largest absolute Gasteiger partial charge is 0.369 e. The van der Waals surface area contributed by atoms with Gasteiger partial charge in [0.05, 0.1) is 17.2 Å². The van der Waals surface area contributed by atoms with Crippen LogP contribution in [0.15, 0.2) is 24.3 Å². The van der Waals surface area contributed by atoms with Crippen molar-refractivity contribution >= 4 is 22.6 Å². The third-order valence-electron chi connectivity index (χ3n) is 6.04. The number of nitrogens with zero attached hydrogens (tertiary/aromatic N) is 1. The van der Waals surface area contributed by atoms with Crippen LogP contribution >= 0.6 is 0 Å². The molecule has 6 nitrogen and oxygen atoms in total. The Morgan fingerprint density at radius 1 is 1.28 bits per heavy atom. The van der Waals surface area contributed by atoms with Gasteiger partial charge in [0.1, 0.15) is 5.82 Å². The third kappa shape index (κ3) is 6.59. The van der Waals surface area contributed by atoms with Gasteiger partial charge in [-0.05, 0) is 57.7 Å². The number of hydrogen-bond donors (Lipinski definition) is 4. The number of carbonyl (C=O) groups excluding carboxylic acids is 1. The molecule has 5 N–H and O–H groups in total. The maximum Gasteiger partial charge on any atom is 0.256 e. The van der Waals surface area contributed by atoms with Gasteiger partial charge in [-0.1, -0.05) is 18.6 Å². The van der Waals surface area contributed by atoms with Crippen molar-refractivity contribution in [3.63, 3.8) is 0 Å². The lowest BCUT2D eigenvalue weighted by molar-refractivity contribution is -0.0413. The Hall–Kier alpha value is -2.32. The summed E-state index contributed by atoms with van der Waals surface area (Å²) in [5, 5.41) is 10.5. The Balaban J connectivity index is 1.67. The molecule has 0 bridgehead atoms. The van der Waals surface area contributed by atoms with Crippen molar-refractivity contribution in [3.8, 4) is 0 Å². The summed E-state index contributed by atoms with van der Waals surface area (Å²) in [5.41, 5.74) is 8.11. The van der Waals surface area contributed by atoms with Crippen molar-refractivity contribution in [2.45, 2.75) is 83.5 Å². The van der Waals surface area contributed by atoms with Gasteiger partial charge in [-0.2, -0.15) is 0 Å². The molecule has 0 spiro atoms. The first-order valence-corrected chi connectivity index (χ1v) is 11.5. The number of aromatic nitrogens is 1. The Morgan fingerprint density at radius 2 is 2.00 bits per heavy atom. The molecule has 2 atom stereocenters. The van der Waals surface area contributed by atoms with Crippen LogP contribution in [-0.2, 0) is 0 Å². The van der Waals surface area contributed by atoms with Crippen LogP contribution in [0.2, 0.25) is 0 Å². The number of nitrogens with two attached hydrogens (primary N) is 1. The molecule has 8 heteroatoms. The van der Waals surface area contributed by atoms with E-state index in [-0.39, 0.29) is 30.8 Å². The first-order valence-electron chi connectivity index (χ1n) is 11.5. The van der Waals surface area contributed by atoms with Crippen LogP contribution in [0.4, 0.5) is 14.6 Å². The Bertz CT molecular complexity index is 924. The van der Waals surface area contributed by atoms with E-state index in [2.05, 4.69) is 27.9 Å². The fourth-order valence-corrected chi connectivity index (χ4v) is 4.20. The zero-order valence-corrected chi connectivity index (χ0v) is 19.2. The second kappa shape index (κ2) is 10.5. The Kier molecular flexibility index (Phi) is 8.00. The average Bonchev–Trinajstić information content (AvgIpc) is 2.73. The topological polar surface area (TPSA) is 92.1 Å². The minimum Gasteiger partial charge on any atom is -0.369 e. The summed E-state index contributed by atoms with van der Waals surface area (Å²) in [4.78, 5) is 17.4. The van der Waals surface area contributed by atoms with Crippen LogP contribution in [0.3, 0.4) is 0 Å². The monoisotopic (exact) mass is 447 g/mol. The number of rotatable bonds is 9. The predicted octanol–water partition coefficient (Wildman–Crippen LogP) is 4.33. The van der Waals surface area contributed by atoms with Crippen molar-refractivity contribution in [2.75, 3.05) is 11.9 Å². The molecule has 1 aromatic carbocycles. The van der Waals surface area contributed by atoms with Gasteiger partial charge < -0.3 is 21.7 Å². The standard InChI is InChI=1S/C24H35F2N5O/c1-4-18(30-19-7-10-24(25,26)11-8-19)9-12-28-22-20(23(32)29-16(3)27)14-17-13-15(2)5-6-21(17)31-22/h5-6,13-14,16,18-19,30H,4,7-12,27H2,1-3H3,(H,28,31)(H,29,32). The molecule has 1 amide bonds. The molecular formula is C24H35F2N5O. The lowest BCUT2D eigenvalue weighted by Crippen LogP contribution is -2.43. The van der Waals surface area contributed by atoms with E-state index in [1.54, 1.807) is 6.92 Å². The van der Waals surface area contributed by atoms with Gasteiger partial charge in [0.2, 0.25) is 5.92 Å². The molecule has 1 aliphatic carbocycles. The zero-order valence-electron chi connectivity index (χ0n) is 19.2. The van der Waals surface area contributed by atoms with Crippen LogP contribution in [0.25, 0.3) is 10.9 Å². The Labute approximate surface area is 188 Å². The fourth-order valence-electron chi connectivity index (χ4n) is 4.20. The highest BCUT2D eigenvalue weighted by Gasteiger charge is 2.35. The number of amides is 1. The van der Waals surface area contributed by atoms with E-state index in [0.29, 0.717) is 30.8 Å². The lowest BCUT2D eigenvalue weighted by Gasteiger charge is -2.32. The molecule has 32 heavy (non-hydrogen) atoms. The van der Waals surface area contributed by atoms with Gasteiger partial charge in [0.25, 0.3) is 5.91 Å². The highest BCUT2D eigenvalue weighted by atomic mass is 19.3. The van der Waals surface area contributed by atoms with Gasteiger partial charge in [0, 0.05) is 36.9 Å². The summed E-state index contributed by atoms with van der Waals surface area (Å²) in [6.45, 7) is 6.41. The average molecular weight is 448 g/mol. The molecule has 0 radical (unpaired) electrons. The highest BCUT2D eigenvalue weighted by Crippen LogP contribution is 2.33. The number of pyridine rings is 1. The maximum atomic E-state index is 13.4. The van der Waals surface area contributed by atoms with Crippen LogP contribution in [0, 0.1) is 6.92 Å². The van der Waals surface area contributed by atoms with Crippen LogP contribution in [-0.4, -0.2) is 41.6 Å². The number of benzene rings is 1. The molecule has 1 heterocycles. The van der Waals surface area contributed by atoms with E-state index in [1.165, 1.54) is 0 Å². The van der Waals surface area contributed by atoms with Crippen molar-refractivity contribution in [3.05, 3.63) is 35.4 Å². The third-order valence-corrected chi connectivity index (χ3v) is 6.04. The van der Waals surface area contributed by atoms with Crippen LogP contribution in [0.1, 0.15) is 68.3 Å². The SMILES string of the molecule is CCC(CCNc1nc2ccc(C)cc2cc1C(=O)NC(C)N)NC1CCC(F)(F)CC1. The normalized spacial score (nSPS) is 18.3. The molecule has 1 fully saturated rings. The molecule has 176 valence electrons. The molecular weight excluding hydrogens is 412 g/mol. The summed E-state index contributed by atoms with van der Waals surface area (Å²) >= 11 is 0. The van der Waals surface area contributed by atoms with E-state index >= 15 is 0 Å². The number of hydrogen-bond acceptors (Lipinski definition) is 5. The minimum atomic E-state index is -2.51. The number of halogens is 2. The van der Waals surface area contributed by atoms with Gasteiger partial charge in [-0.3, -0.25) is 4.79 Å². The van der Waals surface area contributed by atoms with Gasteiger partial charge in [-0.25, -0.2) is 13.8 Å². The van der Waals surface area contributed by atoms with E-state index in [4.69, 9.17) is 5.73 Å². The summed E-state index contributed by atoms with van der Waals surface area (Å²) < 4.78 is 26.8. The number of nitrogens with one attached hydrogen (secondary N) is 3. The second-order valence-corrected chi connectivity index (χ2v) is 8.96. The molecule has 1 aromatic heterocycles. The van der Waals surface area contributed by atoms with E-state index in [0.717, 1.165) is 29.3 Å². The maximum absolute atomic E-state index is 13.4. The number of anilines is 1. The van der Waals surface area contributed by atoms with Gasteiger partial charge in [0.15, 0.2) is 0 Å². The first-order chi connectivity index (χ1) is 15.2. The quantitative estimate of drug-likeness (QED) is 0.430. The second-order valence-electron chi connectivity index (χ2n) is 8.96. The fraction of sp³-hybridized carbons (Fsp3) is 0.583. The molecule has 2 unspecified atom stereocenters. The van der Waals surface area contributed by atoms with E-state index in [9.17, 15) is 13.6 Å². The Morgan fingerprint density at radius 3 is 2.66 bits per heavy atom. The van der Waals surface area contributed by atoms with Crippen molar-refractivity contribution < 1.29 is 13.6 Å². The lowest BCUT2D eigenvalue weighted by atomic mass is 9.91.